The van der Waals surface area contributed by atoms with E-state index in [1.165, 1.54) is 23.1 Å². The molecule has 0 aliphatic carbocycles. The first-order chi connectivity index (χ1) is 10.6. The summed E-state index contributed by atoms with van der Waals surface area (Å²) in [7, 11) is 3.12. The van der Waals surface area contributed by atoms with Gasteiger partial charge in [-0.05, 0) is 31.4 Å². The molecule has 0 radical (unpaired) electrons. The van der Waals surface area contributed by atoms with Crippen LogP contribution in [0.4, 0.5) is 0 Å². The van der Waals surface area contributed by atoms with E-state index >= 15 is 0 Å². The van der Waals surface area contributed by atoms with Gasteiger partial charge in [-0.3, -0.25) is 4.79 Å². The van der Waals surface area contributed by atoms with E-state index < -0.39 is 0 Å². The normalized spacial score (nSPS) is 12.0. The van der Waals surface area contributed by atoms with Gasteiger partial charge in [-0.2, -0.15) is 0 Å². The van der Waals surface area contributed by atoms with Crippen molar-refractivity contribution in [3.8, 4) is 11.5 Å². The number of hydrogen-bond acceptors (Lipinski definition) is 8. The molecule has 0 spiro atoms. The fourth-order valence-electron chi connectivity index (χ4n) is 1.76. The van der Waals surface area contributed by atoms with Gasteiger partial charge < -0.3 is 9.47 Å². The molecule has 0 bridgehead atoms. The van der Waals surface area contributed by atoms with Crippen molar-refractivity contribution in [3.63, 3.8) is 0 Å². The Morgan fingerprint density at radius 3 is 2.45 bits per heavy atom. The summed E-state index contributed by atoms with van der Waals surface area (Å²) in [5.74, 6) is 1.17. The van der Waals surface area contributed by atoms with E-state index in [0.29, 0.717) is 17.1 Å². The van der Waals surface area contributed by atoms with Gasteiger partial charge in [-0.1, -0.05) is 34.9 Å². The van der Waals surface area contributed by atoms with Crippen LogP contribution in [0.3, 0.4) is 0 Å². The van der Waals surface area contributed by atoms with Gasteiger partial charge in [0, 0.05) is 5.56 Å². The second-order valence-electron chi connectivity index (χ2n) is 4.23. The Morgan fingerprint density at radius 2 is 1.86 bits per heavy atom. The molecule has 0 amide bonds. The van der Waals surface area contributed by atoms with Crippen LogP contribution in [0.25, 0.3) is 0 Å². The largest absolute Gasteiger partial charge is 0.493 e. The van der Waals surface area contributed by atoms with Crippen molar-refractivity contribution in [2.24, 2.45) is 0 Å². The fraction of sp³-hybridized carbons (Fsp3) is 0.357. The van der Waals surface area contributed by atoms with Gasteiger partial charge in [0.25, 0.3) is 0 Å². The lowest BCUT2D eigenvalue weighted by atomic mass is 10.1. The van der Waals surface area contributed by atoms with Crippen molar-refractivity contribution in [1.82, 2.24) is 10.2 Å². The lowest BCUT2D eigenvalue weighted by molar-refractivity contribution is 0.0993. The number of hydrogen-bond donors (Lipinski definition) is 0. The van der Waals surface area contributed by atoms with E-state index in [4.69, 9.17) is 9.47 Å². The highest BCUT2D eigenvalue weighted by Gasteiger charge is 2.20. The van der Waals surface area contributed by atoms with E-state index in [-0.39, 0.29) is 11.0 Å². The van der Waals surface area contributed by atoms with E-state index in [0.717, 1.165) is 8.68 Å². The number of carbonyl (C=O) groups excluding carboxylic acids is 1. The molecule has 0 saturated heterocycles. The van der Waals surface area contributed by atoms with Crippen LogP contribution >= 0.6 is 34.9 Å². The lowest BCUT2D eigenvalue weighted by Crippen LogP contribution is -2.13. The van der Waals surface area contributed by atoms with Crippen molar-refractivity contribution in [2.75, 3.05) is 20.5 Å². The summed E-state index contributed by atoms with van der Waals surface area (Å²) in [5, 5.41) is 7.86. The minimum Gasteiger partial charge on any atom is -0.493 e. The maximum atomic E-state index is 12.5. The number of Topliss-reactive ketones (excluding diaryl/α,β-unsaturated/α-hetero) is 1. The van der Waals surface area contributed by atoms with Gasteiger partial charge in [-0.25, -0.2) is 0 Å². The van der Waals surface area contributed by atoms with Gasteiger partial charge in [0.1, 0.15) is 0 Å². The minimum absolute atomic E-state index is 0.0202. The summed E-state index contributed by atoms with van der Waals surface area (Å²) >= 11 is 4.46. The SMILES string of the molecule is COc1ccc(C(=O)[C@H](C)Sc2nnc(SC)s2)cc1OC. The fourth-order valence-corrected chi connectivity index (χ4v) is 4.42. The van der Waals surface area contributed by atoms with Gasteiger partial charge in [0.15, 0.2) is 26.0 Å². The summed E-state index contributed by atoms with van der Waals surface area (Å²) < 4.78 is 12.1. The Labute approximate surface area is 141 Å². The summed E-state index contributed by atoms with van der Waals surface area (Å²) in [5.41, 5.74) is 0.590. The molecular weight excluding hydrogens is 340 g/mol. The number of rotatable bonds is 7. The number of ketones is 1. The average Bonchev–Trinajstić information content (AvgIpc) is 3.00. The number of benzene rings is 1. The number of aromatic nitrogens is 2. The number of methoxy groups -OCH3 is 2. The lowest BCUT2D eigenvalue weighted by Gasteiger charge is -2.11. The molecule has 2 rings (SSSR count). The second kappa shape index (κ2) is 7.85. The molecule has 2 aromatic rings. The molecule has 0 saturated carbocycles. The minimum atomic E-state index is -0.249. The molecule has 118 valence electrons. The zero-order valence-electron chi connectivity index (χ0n) is 12.7. The van der Waals surface area contributed by atoms with Crippen LogP contribution in [0.1, 0.15) is 17.3 Å². The molecule has 0 N–H and O–H groups in total. The van der Waals surface area contributed by atoms with Gasteiger partial charge in [0.2, 0.25) is 0 Å². The zero-order chi connectivity index (χ0) is 16.1. The first kappa shape index (κ1) is 17.1. The van der Waals surface area contributed by atoms with Crippen LogP contribution in [-0.2, 0) is 0 Å². The van der Waals surface area contributed by atoms with E-state index in [2.05, 4.69) is 10.2 Å². The van der Waals surface area contributed by atoms with Crippen LogP contribution in [0.2, 0.25) is 0 Å². The van der Waals surface area contributed by atoms with Crippen molar-refractivity contribution >= 4 is 40.6 Å². The Hall–Kier alpha value is -1.25. The Bertz CT molecular complexity index is 661. The van der Waals surface area contributed by atoms with Crippen LogP contribution < -0.4 is 9.47 Å². The van der Waals surface area contributed by atoms with E-state index in [9.17, 15) is 4.79 Å². The van der Waals surface area contributed by atoms with Crippen molar-refractivity contribution in [1.29, 1.82) is 0 Å². The van der Waals surface area contributed by atoms with Crippen molar-refractivity contribution < 1.29 is 14.3 Å². The molecular formula is C14H16N2O3S3. The molecule has 1 heterocycles. The number of carbonyl (C=O) groups is 1. The molecule has 1 aromatic carbocycles. The smallest absolute Gasteiger partial charge is 0.176 e. The molecule has 8 heteroatoms. The molecule has 0 fully saturated rings. The first-order valence-corrected chi connectivity index (χ1v) is 9.31. The predicted molar refractivity (Wildman–Crippen MR) is 90.9 cm³/mol. The molecule has 1 atom stereocenters. The molecule has 0 unspecified atom stereocenters. The maximum absolute atomic E-state index is 12.5. The van der Waals surface area contributed by atoms with Gasteiger partial charge >= 0.3 is 0 Å². The molecule has 22 heavy (non-hydrogen) atoms. The van der Waals surface area contributed by atoms with Gasteiger partial charge in [-0.15, -0.1) is 10.2 Å². The second-order valence-corrected chi connectivity index (χ2v) is 7.85. The summed E-state index contributed by atoms with van der Waals surface area (Å²) in [6.45, 7) is 1.86. The van der Waals surface area contributed by atoms with Crippen LogP contribution in [-0.4, -0.2) is 41.7 Å². The third kappa shape index (κ3) is 3.93. The highest BCUT2D eigenvalue weighted by molar-refractivity contribution is 8.03. The quantitative estimate of drug-likeness (QED) is 0.554. The Kier molecular flexibility index (Phi) is 6.10. The monoisotopic (exact) mass is 356 g/mol. The van der Waals surface area contributed by atoms with E-state index in [1.54, 1.807) is 44.2 Å². The summed E-state index contributed by atoms with van der Waals surface area (Å²) in [6.07, 6.45) is 1.95. The molecule has 5 nitrogen and oxygen atoms in total. The molecule has 0 aliphatic rings. The zero-order valence-corrected chi connectivity index (χ0v) is 15.1. The van der Waals surface area contributed by atoms with Gasteiger partial charge in [0.05, 0.1) is 19.5 Å². The van der Waals surface area contributed by atoms with Crippen molar-refractivity contribution in [2.45, 2.75) is 20.9 Å². The first-order valence-electron chi connectivity index (χ1n) is 6.39. The van der Waals surface area contributed by atoms with Crippen molar-refractivity contribution in [3.05, 3.63) is 23.8 Å². The van der Waals surface area contributed by atoms with Crippen LogP contribution in [0.15, 0.2) is 26.9 Å². The molecule has 1 aromatic heterocycles. The van der Waals surface area contributed by atoms with E-state index in [1.807, 2.05) is 13.2 Å². The average molecular weight is 356 g/mol. The topological polar surface area (TPSA) is 61.3 Å². The predicted octanol–water partition coefficient (Wildman–Crippen LogP) is 3.64. The third-order valence-corrected chi connectivity index (χ3v) is 5.96. The summed E-state index contributed by atoms with van der Waals surface area (Å²) in [6, 6.07) is 5.18. The number of ether oxygens (including phenoxy) is 2. The standard InChI is InChI=1S/C14H16N2O3S3/c1-8(21-14-16-15-13(20-4)22-14)12(17)9-5-6-10(18-2)11(7-9)19-3/h5-8H,1-4H3/t8-/m0/s1. The summed E-state index contributed by atoms with van der Waals surface area (Å²) in [4.78, 5) is 12.5. The van der Waals surface area contributed by atoms with Crippen LogP contribution in [0.5, 0.6) is 11.5 Å². The molecule has 0 aliphatic heterocycles. The highest BCUT2D eigenvalue weighted by atomic mass is 32.2. The highest BCUT2D eigenvalue weighted by Crippen LogP contribution is 2.33. The number of nitrogens with zero attached hydrogens (tertiary/aromatic N) is 2. The maximum Gasteiger partial charge on any atom is 0.176 e. The Morgan fingerprint density at radius 1 is 1.18 bits per heavy atom. The third-order valence-electron chi connectivity index (χ3n) is 2.88. The number of thioether (sulfide) groups is 2. The van der Waals surface area contributed by atoms with Crippen LogP contribution in [0, 0.1) is 0 Å². The Balaban J connectivity index is 2.12.